The van der Waals surface area contributed by atoms with Crippen molar-refractivity contribution in [3.05, 3.63) is 12.4 Å². The normalized spacial score (nSPS) is 11.9. The van der Waals surface area contributed by atoms with Crippen molar-refractivity contribution in [3.8, 4) is 0 Å². The van der Waals surface area contributed by atoms with Gasteiger partial charge in [-0.3, -0.25) is 4.57 Å². The van der Waals surface area contributed by atoms with E-state index in [4.69, 9.17) is 9.05 Å². The Balaban J connectivity index is 2.99. The molecule has 1 aromatic rings. The summed E-state index contributed by atoms with van der Waals surface area (Å²) < 4.78 is 24.1. The second-order valence-corrected chi connectivity index (χ2v) is 4.58. The Morgan fingerprint density at radius 3 is 2.36 bits per heavy atom. The van der Waals surface area contributed by atoms with Gasteiger partial charge >= 0.3 is 7.60 Å². The lowest BCUT2D eigenvalue weighted by atomic mass is 10.9. The summed E-state index contributed by atoms with van der Waals surface area (Å²) in [6, 6.07) is 0. The quantitative estimate of drug-likeness (QED) is 0.699. The molecule has 0 saturated carbocycles. The van der Waals surface area contributed by atoms with Crippen molar-refractivity contribution in [3.63, 3.8) is 0 Å². The molecule has 0 saturated heterocycles. The van der Waals surface area contributed by atoms with Gasteiger partial charge in [-0.15, -0.1) is 0 Å². The highest BCUT2D eigenvalue weighted by Gasteiger charge is 2.30. The molecule has 0 fully saturated rings. The van der Waals surface area contributed by atoms with E-state index in [9.17, 15) is 4.57 Å². The first-order valence-corrected chi connectivity index (χ1v) is 6.05. The van der Waals surface area contributed by atoms with E-state index in [-0.39, 0.29) is 0 Å². The van der Waals surface area contributed by atoms with Crippen LogP contribution in [0.2, 0.25) is 0 Å². The van der Waals surface area contributed by atoms with Crippen molar-refractivity contribution < 1.29 is 13.6 Å². The number of aryl methyl sites for hydroxylation is 1. The summed E-state index contributed by atoms with van der Waals surface area (Å²) in [6.07, 6.45) is 3.28. The van der Waals surface area contributed by atoms with Crippen LogP contribution in [0, 0.1) is 0 Å². The molecule has 0 radical (unpaired) electrons. The highest BCUT2D eigenvalue weighted by Crippen LogP contribution is 2.45. The van der Waals surface area contributed by atoms with Gasteiger partial charge < -0.3 is 13.6 Å². The molecule has 1 rings (SSSR count). The summed E-state index contributed by atoms with van der Waals surface area (Å²) in [4.78, 5) is 3.97. The summed E-state index contributed by atoms with van der Waals surface area (Å²) in [5.41, 5.74) is 0.348. The number of nitrogens with zero attached hydrogens (tertiary/aromatic N) is 2. The maximum atomic E-state index is 12.2. The van der Waals surface area contributed by atoms with Crippen molar-refractivity contribution in [2.24, 2.45) is 7.05 Å². The van der Waals surface area contributed by atoms with Gasteiger partial charge in [0.2, 0.25) is 5.57 Å². The Morgan fingerprint density at radius 1 is 1.43 bits per heavy atom. The van der Waals surface area contributed by atoms with E-state index in [1.165, 1.54) is 0 Å². The van der Waals surface area contributed by atoms with E-state index >= 15 is 0 Å². The first-order chi connectivity index (χ1) is 6.64. The molecule has 0 amide bonds. The summed E-state index contributed by atoms with van der Waals surface area (Å²) in [7, 11) is -1.45. The van der Waals surface area contributed by atoms with Gasteiger partial charge in [0, 0.05) is 19.4 Å². The Bertz CT molecular complexity index is 327. The fourth-order valence-electron chi connectivity index (χ4n) is 1.11. The maximum Gasteiger partial charge on any atom is 0.396 e. The van der Waals surface area contributed by atoms with Crippen LogP contribution < -0.4 is 5.57 Å². The minimum atomic E-state index is -3.21. The van der Waals surface area contributed by atoms with Crippen LogP contribution in [0.1, 0.15) is 13.8 Å². The second-order valence-electron chi connectivity index (χ2n) is 2.67. The smallest absolute Gasteiger partial charge is 0.328 e. The molecule has 5 nitrogen and oxygen atoms in total. The Hall–Kier alpha value is -0.640. The number of hydrogen-bond donors (Lipinski definition) is 0. The predicted octanol–water partition coefficient (Wildman–Crippen LogP) is 1.31. The van der Waals surface area contributed by atoms with Gasteiger partial charge in [-0.1, -0.05) is 0 Å². The van der Waals surface area contributed by atoms with Gasteiger partial charge in [-0.05, 0) is 13.8 Å². The maximum absolute atomic E-state index is 12.2. The molecule has 0 aliphatic heterocycles. The molecule has 0 aliphatic rings. The number of hydrogen-bond acceptors (Lipinski definition) is 4. The number of aromatic nitrogens is 2. The highest BCUT2D eigenvalue weighted by atomic mass is 31.2. The van der Waals surface area contributed by atoms with Gasteiger partial charge in [0.25, 0.3) is 0 Å². The van der Waals surface area contributed by atoms with E-state index in [1.807, 2.05) is 0 Å². The summed E-state index contributed by atoms with van der Waals surface area (Å²) in [6.45, 7) is 4.22. The highest BCUT2D eigenvalue weighted by molar-refractivity contribution is 7.61. The van der Waals surface area contributed by atoms with E-state index in [0.717, 1.165) is 0 Å². The van der Waals surface area contributed by atoms with Crippen molar-refractivity contribution in [2.45, 2.75) is 13.8 Å². The van der Waals surface area contributed by atoms with Crippen LogP contribution in [-0.4, -0.2) is 22.8 Å². The first-order valence-electron chi connectivity index (χ1n) is 4.51. The lowest BCUT2D eigenvalue weighted by Gasteiger charge is -2.15. The molecule has 0 spiro atoms. The molecular weight excluding hydrogens is 203 g/mol. The lowest BCUT2D eigenvalue weighted by molar-refractivity contribution is 0.228. The van der Waals surface area contributed by atoms with Crippen LogP contribution in [-0.2, 0) is 20.7 Å². The Kier molecular flexibility index (Phi) is 3.86. The van der Waals surface area contributed by atoms with Crippen LogP contribution in [0.25, 0.3) is 0 Å². The third-order valence-corrected chi connectivity index (χ3v) is 3.76. The van der Waals surface area contributed by atoms with Crippen LogP contribution in [0.15, 0.2) is 12.4 Å². The zero-order valence-corrected chi connectivity index (χ0v) is 9.53. The molecule has 0 N–H and O–H groups in total. The van der Waals surface area contributed by atoms with Crippen molar-refractivity contribution in [1.82, 2.24) is 9.55 Å². The predicted molar refractivity (Wildman–Crippen MR) is 53.7 cm³/mol. The number of rotatable bonds is 5. The molecule has 1 heterocycles. The molecule has 0 atom stereocenters. The summed E-state index contributed by atoms with van der Waals surface area (Å²) in [5, 5.41) is 0. The zero-order valence-electron chi connectivity index (χ0n) is 8.64. The second kappa shape index (κ2) is 4.73. The Labute approximate surface area is 83.6 Å². The average molecular weight is 218 g/mol. The fraction of sp³-hybridized carbons (Fsp3) is 0.625. The molecule has 0 aliphatic carbocycles. The average Bonchev–Trinajstić information content (AvgIpc) is 2.52. The van der Waals surface area contributed by atoms with E-state index in [0.29, 0.717) is 18.8 Å². The molecule has 6 heteroatoms. The molecule has 0 bridgehead atoms. The third-order valence-electron chi connectivity index (χ3n) is 1.64. The van der Waals surface area contributed by atoms with Crippen molar-refractivity contribution >= 4 is 13.2 Å². The van der Waals surface area contributed by atoms with Gasteiger partial charge in [-0.25, -0.2) is 4.98 Å². The van der Waals surface area contributed by atoms with Crippen LogP contribution in [0.3, 0.4) is 0 Å². The first kappa shape index (κ1) is 11.4. The van der Waals surface area contributed by atoms with Gasteiger partial charge in [-0.2, -0.15) is 0 Å². The van der Waals surface area contributed by atoms with Gasteiger partial charge in [0.05, 0.1) is 13.2 Å². The fourth-order valence-corrected chi connectivity index (χ4v) is 2.76. The summed E-state index contributed by atoms with van der Waals surface area (Å²) in [5.74, 6) is 0. The van der Waals surface area contributed by atoms with Crippen molar-refractivity contribution in [1.29, 1.82) is 0 Å². The monoisotopic (exact) mass is 218 g/mol. The minimum Gasteiger partial charge on any atom is -0.328 e. The third kappa shape index (κ3) is 2.23. The van der Waals surface area contributed by atoms with Gasteiger partial charge in [0.15, 0.2) is 0 Å². The molecular formula is C8H15N2O3P. The molecule has 0 unspecified atom stereocenters. The molecule has 1 aromatic heterocycles. The van der Waals surface area contributed by atoms with Gasteiger partial charge in [0.1, 0.15) is 0 Å². The van der Waals surface area contributed by atoms with Crippen LogP contribution in [0.4, 0.5) is 0 Å². The Morgan fingerprint density at radius 2 is 2.00 bits per heavy atom. The minimum absolute atomic E-state index is 0.337. The zero-order chi connectivity index (χ0) is 10.6. The molecule has 80 valence electrons. The van der Waals surface area contributed by atoms with E-state index in [2.05, 4.69) is 4.98 Å². The van der Waals surface area contributed by atoms with Crippen molar-refractivity contribution in [2.75, 3.05) is 13.2 Å². The molecule has 0 aromatic carbocycles. The largest absolute Gasteiger partial charge is 0.396 e. The van der Waals surface area contributed by atoms with Crippen LogP contribution in [0.5, 0.6) is 0 Å². The summed E-state index contributed by atoms with van der Waals surface area (Å²) >= 11 is 0. The molecule has 14 heavy (non-hydrogen) atoms. The standard InChI is InChI=1S/C8H15N2O3P/c1-4-12-14(11,13-5-2)8-9-6-7-10(8)3/h6-7H,4-5H2,1-3H3. The van der Waals surface area contributed by atoms with E-state index < -0.39 is 7.60 Å². The van der Waals surface area contributed by atoms with Crippen LogP contribution >= 0.6 is 7.60 Å². The van der Waals surface area contributed by atoms with E-state index in [1.54, 1.807) is 37.9 Å². The topological polar surface area (TPSA) is 53.4 Å². The number of imidazole rings is 1. The SMILES string of the molecule is CCOP(=O)(OCC)c1nccn1C. The lowest BCUT2D eigenvalue weighted by Crippen LogP contribution is -2.20.